The lowest BCUT2D eigenvalue weighted by Crippen LogP contribution is -2.48. The van der Waals surface area contributed by atoms with Crippen molar-refractivity contribution in [2.24, 2.45) is 0 Å². The highest BCUT2D eigenvalue weighted by molar-refractivity contribution is 7.99. The molecule has 1 N–H and O–H groups in total. The van der Waals surface area contributed by atoms with Gasteiger partial charge >= 0.3 is 0 Å². The van der Waals surface area contributed by atoms with Crippen LogP contribution in [-0.2, 0) is 14.8 Å². The van der Waals surface area contributed by atoms with Crippen molar-refractivity contribution in [3.05, 3.63) is 64.2 Å². The second-order valence-electron chi connectivity index (χ2n) is 6.54. The normalized spacial score (nSPS) is 16.8. The maximum atomic E-state index is 12.7. The zero-order valence-electron chi connectivity index (χ0n) is 15.3. The summed E-state index contributed by atoms with van der Waals surface area (Å²) in [6, 6.07) is 10.5. The topological polar surface area (TPSA) is 83.6 Å². The number of benzene rings is 2. The molecule has 148 valence electrons. The maximum Gasteiger partial charge on any atom is 0.264 e. The first kappa shape index (κ1) is 20.7. The minimum absolute atomic E-state index is 0.0575. The van der Waals surface area contributed by atoms with Crippen LogP contribution >= 0.6 is 23.4 Å². The fourth-order valence-corrected chi connectivity index (χ4v) is 5.49. The van der Waals surface area contributed by atoms with E-state index in [1.165, 1.54) is 22.7 Å². The van der Waals surface area contributed by atoms with E-state index in [2.05, 4.69) is 4.72 Å². The summed E-state index contributed by atoms with van der Waals surface area (Å²) < 4.78 is 27.5. The molecule has 2 aromatic rings. The Morgan fingerprint density at radius 1 is 1.14 bits per heavy atom. The second kappa shape index (κ2) is 8.14. The fraction of sp³-hybridized carbons (Fsp3) is 0.263. The molecule has 28 heavy (non-hydrogen) atoms. The Hall–Kier alpha value is -2.03. The van der Waals surface area contributed by atoms with Crippen molar-refractivity contribution < 1.29 is 18.0 Å². The van der Waals surface area contributed by atoms with Gasteiger partial charge in [0.05, 0.1) is 10.8 Å². The van der Waals surface area contributed by atoms with Crippen molar-refractivity contribution in [2.75, 3.05) is 11.6 Å². The molecule has 0 radical (unpaired) electrons. The van der Waals surface area contributed by atoms with Crippen LogP contribution in [0.15, 0.2) is 47.4 Å². The number of hydrogen-bond acceptors (Lipinski definition) is 5. The van der Waals surface area contributed by atoms with E-state index in [-0.39, 0.29) is 10.8 Å². The Balaban J connectivity index is 1.80. The van der Waals surface area contributed by atoms with E-state index in [0.717, 1.165) is 5.56 Å². The molecule has 0 bridgehead atoms. The molecule has 0 aromatic heterocycles. The molecule has 0 saturated carbocycles. The summed E-state index contributed by atoms with van der Waals surface area (Å²) in [5.74, 6) is -0.421. The molecule has 1 aliphatic rings. The Labute approximate surface area is 173 Å². The molecule has 1 atom stereocenters. The Bertz CT molecular complexity index is 1020. The largest absolute Gasteiger partial charge is 0.316 e. The van der Waals surface area contributed by atoms with Crippen LogP contribution in [-0.4, -0.2) is 42.8 Å². The number of carbonyl (C=O) groups is 2. The number of thioether (sulfide) groups is 1. The third-order valence-corrected chi connectivity index (χ3v) is 7.16. The molecule has 2 amide bonds. The van der Waals surface area contributed by atoms with Crippen LogP contribution in [0, 0.1) is 13.8 Å². The second-order valence-corrected chi connectivity index (χ2v) is 9.62. The first-order chi connectivity index (χ1) is 13.2. The van der Waals surface area contributed by atoms with Crippen molar-refractivity contribution in [3.8, 4) is 0 Å². The highest BCUT2D eigenvalue weighted by Gasteiger charge is 2.37. The summed E-state index contributed by atoms with van der Waals surface area (Å²) in [7, 11) is -4.03. The zero-order valence-corrected chi connectivity index (χ0v) is 17.7. The van der Waals surface area contributed by atoms with E-state index < -0.39 is 22.0 Å². The van der Waals surface area contributed by atoms with Gasteiger partial charge in [0.1, 0.15) is 6.04 Å². The predicted octanol–water partition coefficient (Wildman–Crippen LogP) is 2.98. The molecular weight excluding hydrogens is 420 g/mol. The molecule has 0 spiro atoms. The van der Waals surface area contributed by atoms with E-state index in [4.69, 9.17) is 11.6 Å². The Morgan fingerprint density at radius 3 is 2.50 bits per heavy atom. The van der Waals surface area contributed by atoms with Gasteiger partial charge in [0.25, 0.3) is 21.8 Å². The van der Waals surface area contributed by atoms with Crippen molar-refractivity contribution in [3.63, 3.8) is 0 Å². The smallest absolute Gasteiger partial charge is 0.264 e. The van der Waals surface area contributed by atoms with E-state index in [1.807, 2.05) is 0 Å². The van der Waals surface area contributed by atoms with Crippen molar-refractivity contribution in [1.29, 1.82) is 0 Å². The number of sulfonamides is 1. The minimum Gasteiger partial charge on any atom is -0.316 e. The molecule has 0 unspecified atom stereocenters. The summed E-state index contributed by atoms with van der Waals surface area (Å²) in [5.41, 5.74) is 1.71. The summed E-state index contributed by atoms with van der Waals surface area (Å²) in [6.45, 7) is 3.45. The van der Waals surface area contributed by atoms with Crippen LogP contribution < -0.4 is 4.72 Å². The van der Waals surface area contributed by atoms with Gasteiger partial charge in [0.2, 0.25) is 0 Å². The lowest BCUT2D eigenvalue weighted by atomic mass is 10.1. The zero-order chi connectivity index (χ0) is 20.5. The summed E-state index contributed by atoms with van der Waals surface area (Å²) in [6.07, 6.45) is 0. The Kier molecular flexibility index (Phi) is 6.02. The van der Waals surface area contributed by atoms with E-state index in [0.29, 0.717) is 27.8 Å². The Morgan fingerprint density at radius 2 is 1.82 bits per heavy atom. The van der Waals surface area contributed by atoms with Gasteiger partial charge in [0, 0.05) is 16.3 Å². The molecule has 2 aromatic carbocycles. The highest BCUT2D eigenvalue weighted by atomic mass is 35.5. The third-order valence-electron chi connectivity index (χ3n) is 4.41. The molecule has 0 aliphatic carbocycles. The standard InChI is InChI=1S/C19H19ClN2O4S2/c1-12-3-4-13(2)17(9-12)28(25,26)21-18(23)16-10-27-11-22(16)19(24)14-5-7-15(20)8-6-14/h3-9,16H,10-11H2,1-2H3,(H,21,23)/t16-/m1/s1. The van der Waals surface area contributed by atoms with Gasteiger partial charge in [-0.1, -0.05) is 23.7 Å². The molecule has 1 saturated heterocycles. The van der Waals surface area contributed by atoms with Gasteiger partial charge in [-0.05, 0) is 55.3 Å². The van der Waals surface area contributed by atoms with Crippen molar-refractivity contribution in [2.45, 2.75) is 24.8 Å². The van der Waals surface area contributed by atoms with Gasteiger partial charge in [-0.15, -0.1) is 11.8 Å². The average molecular weight is 439 g/mol. The number of amides is 2. The summed E-state index contributed by atoms with van der Waals surface area (Å²) in [4.78, 5) is 26.9. The van der Waals surface area contributed by atoms with Gasteiger partial charge in [-0.2, -0.15) is 0 Å². The van der Waals surface area contributed by atoms with Crippen LogP contribution in [0.5, 0.6) is 0 Å². The SMILES string of the molecule is Cc1ccc(C)c(S(=O)(=O)NC(=O)[C@H]2CSCN2C(=O)c2ccc(Cl)cc2)c1. The van der Waals surface area contributed by atoms with E-state index in [1.54, 1.807) is 50.2 Å². The van der Waals surface area contributed by atoms with Gasteiger partial charge < -0.3 is 4.90 Å². The fourth-order valence-electron chi connectivity index (χ4n) is 2.87. The molecule has 1 fully saturated rings. The highest BCUT2D eigenvalue weighted by Crippen LogP contribution is 2.25. The van der Waals surface area contributed by atoms with Crippen LogP contribution in [0.1, 0.15) is 21.5 Å². The number of nitrogens with zero attached hydrogens (tertiary/aromatic N) is 1. The van der Waals surface area contributed by atoms with Gasteiger partial charge in [-0.3, -0.25) is 9.59 Å². The van der Waals surface area contributed by atoms with E-state index in [9.17, 15) is 18.0 Å². The number of rotatable bonds is 4. The maximum absolute atomic E-state index is 12.7. The van der Waals surface area contributed by atoms with Crippen molar-refractivity contribution >= 4 is 45.2 Å². The van der Waals surface area contributed by atoms with Crippen LogP contribution in [0.3, 0.4) is 0 Å². The third kappa shape index (κ3) is 4.34. The minimum atomic E-state index is -4.03. The van der Waals surface area contributed by atoms with Crippen molar-refractivity contribution in [1.82, 2.24) is 9.62 Å². The number of halogens is 1. The van der Waals surface area contributed by atoms with Crippen LogP contribution in [0.4, 0.5) is 0 Å². The van der Waals surface area contributed by atoms with Crippen LogP contribution in [0.2, 0.25) is 5.02 Å². The average Bonchev–Trinajstić information content (AvgIpc) is 3.13. The van der Waals surface area contributed by atoms with Gasteiger partial charge in [-0.25, -0.2) is 13.1 Å². The molecular formula is C19H19ClN2O4S2. The molecule has 1 heterocycles. The number of carbonyl (C=O) groups excluding carboxylic acids is 2. The van der Waals surface area contributed by atoms with Gasteiger partial charge in [0.15, 0.2) is 0 Å². The molecule has 6 nitrogen and oxygen atoms in total. The number of nitrogens with one attached hydrogen (secondary N) is 1. The lowest BCUT2D eigenvalue weighted by molar-refractivity contribution is -0.122. The quantitative estimate of drug-likeness (QED) is 0.793. The molecule has 3 rings (SSSR count). The predicted molar refractivity (Wildman–Crippen MR) is 110 cm³/mol. The first-order valence-corrected chi connectivity index (χ1v) is 11.5. The molecule has 1 aliphatic heterocycles. The van der Waals surface area contributed by atoms with Crippen LogP contribution in [0.25, 0.3) is 0 Å². The first-order valence-electron chi connectivity index (χ1n) is 8.47. The van der Waals surface area contributed by atoms with E-state index >= 15 is 0 Å². The summed E-state index contributed by atoms with van der Waals surface area (Å²) in [5, 5.41) is 0.501. The lowest BCUT2D eigenvalue weighted by Gasteiger charge is -2.23. The monoisotopic (exact) mass is 438 g/mol. The number of hydrogen-bond donors (Lipinski definition) is 1. The number of aryl methyl sites for hydroxylation is 2. The summed E-state index contributed by atoms with van der Waals surface area (Å²) >= 11 is 7.25. The molecule has 9 heteroatoms.